The summed E-state index contributed by atoms with van der Waals surface area (Å²) in [7, 11) is 1.69. The molecule has 0 aliphatic heterocycles. The normalized spacial score (nSPS) is 12.6. The Bertz CT molecular complexity index is 569. The molecule has 1 atom stereocenters. The molecule has 0 amide bonds. The molecule has 0 aliphatic carbocycles. The number of ether oxygens (including phenoxy) is 1. The van der Waals surface area contributed by atoms with Gasteiger partial charge in [0.25, 0.3) is 0 Å². The van der Waals surface area contributed by atoms with Crippen LogP contribution in [0.25, 0.3) is 0 Å². The van der Waals surface area contributed by atoms with Gasteiger partial charge in [0.05, 0.1) is 53.1 Å². The van der Waals surface area contributed by atoms with E-state index in [1.807, 2.05) is 17.8 Å². The van der Waals surface area contributed by atoms with E-state index in [4.69, 9.17) is 4.74 Å². The molecule has 0 radical (unpaired) electrons. The summed E-state index contributed by atoms with van der Waals surface area (Å²) in [6.45, 7) is 6.12. The predicted octanol–water partition coefficient (Wildman–Crippen LogP) is 2.09. The van der Waals surface area contributed by atoms with E-state index in [-0.39, 0.29) is 6.04 Å². The molecule has 0 aliphatic rings. The number of nitrogens with zero attached hydrogens (tertiary/aromatic N) is 4. The number of rotatable bonds is 7. The van der Waals surface area contributed by atoms with E-state index in [2.05, 4.69) is 43.2 Å². The molecule has 0 aromatic carbocycles. The van der Waals surface area contributed by atoms with Gasteiger partial charge in [-0.2, -0.15) is 5.10 Å². The number of hydrogen-bond acceptors (Lipinski definition) is 5. The van der Waals surface area contributed by atoms with Crippen LogP contribution in [0.15, 0.2) is 23.1 Å². The molecular weight excluding hydrogens is 334 g/mol. The van der Waals surface area contributed by atoms with Crippen LogP contribution < -0.4 is 5.32 Å². The summed E-state index contributed by atoms with van der Waals surface area (Å²) in [5.41, 5.74) is 2.82. The third kappa shape index (κ3) is 3.87. The van der Waals surface area contributed by atoms with Crippen molar-refractivity contribution in [2.75, 3.05) is 20.3 Å². The number of hydrogen-bond donors (Lipinski definition) is 1. The summed E-state index contributed by atoms with van der Waals surface area (Å²) in [6, 6.07) is -0.0585. The Morgan fingerprint density at radius 1 is 1.33 bits per heavy atom. The lowest BCUT2D eigenvalue weighted by Gasteiger charge is -2.19. The average Bonchev–Trinajstić information content (AvgIpc) is 2.84. The van der Waals surface area contributed by atoms with Crippen molar-refractivity contribution in [3.8, 4) is 0 Å². The van der Waals surface area contributed by atoms with Crippen LogP contribution in [0.1, 0.15) is 30.0 Å². The molecule has 2 aromatic rings. The molecule has 0 fully saturated rings. The lowest BCUT2D eigenvalue weighted by molar-refractivity contribution is 0.182. The van der Waals surface area contributed by atoms with Gasteiger partial charge in [-0.1, -0.05) is 6.92 Å². The molecule has 2 heterocycles. The first-order valence-electron chi connectivity index (χ1n) is 6.89. The zero-order chi connectivity index (χ0) is 15.2. The summed E-state index contributed by atoms with van der Waals surface area (Å²) >= 11 is 3.58. The Morgan fingerprint density at radius 2 is 2.14 bits per heavy atom. The maximum atomic E-state index is 5.15. The van der Waals surface area contributed by atoms with Gasteiger partial charge in [0.2, 0.25) is 0 Å². The quantitative estimate of drug-likeness (QED) is 0.825. The first-order valence-corrected chi connectivity index (χ1v) is 7.68. The van der Waals surface area contributed by atoms with Crippen LogP contribution in [0.4, 0.5) is 0 Å². The van der Waals surface area contributed by atoms with Gasteiger partial charge in [-0.15, -0.1) is 0 Å². The Kier molecular flexibility index (Phi) is 5.84. The van der Waals surface area contributed by atoms with Crippen molar-refractivity contribution in [2.24, 2.45) is 0 Å². The fourth-order valence-corrected chi connectivity index (χ4v) is 2.64. The second-order valence-electron chi connectivity index (χ2n) is 4.67. The standard InChI is InChI=1S/C14H20BrN5O/c1-4-16-13(12-9-17-10(2)7-18-12)14-11(15)8-19-20(14)5-6-21-3/h7-9,13,16H,4-6H2,1-3H3. The third-order valence-electron chi connectivity index (χ3n) is 3.12. The SMILES string of the molecule is CCNC(c1cnc(C)cn1)c1c(Br)cnn1CCOC. The summed E-state index contributed by atoms with van der Waals surface area (Å²) in [5.74, 6) is 0. The van der Waals surface area contributed by atoms with Gasteiger partial charge in [0.1, 0.15) is 0 Å². The maximum absolute atomic E-state index is 5.15. The van der Waals surface area contributed by atoms with Gasteiger partial charge in [-0.05, 0) is 29.4 Å². The molecule has 7 heteroatoms. The summed E-state index contributed by atoms with van der Waals surface area (Å²) in [4.78, 5) is 8.84. The molecule has 0 bridgehead atoms. The van der Waals surface area contributed by atoms with Crippen LogP contribution in [0.3, 0.4) is 0 Å². The molecule has 2 aromatic heterocycles. The fraction of sp³-hybridized carbons (Fsp3) is 0.500. The predicted molar refractivity (Wildman–Crippen MR) is 84.1 cm³/mol. The van der Waals surface area contributed by atoms with Crippen LogP contribution in [0, 0.1) is 6.92 Å². The van der Waals surface area contributed by atoms with Crippen molar-refractivity contribution in [3.05, 3.63) is 40.1 Å². The number of aromatic nitrogens is 4. The molecule has 21 heavy (non-hydrogen) atoms. The van der Waals surface area contributed by atoms with Crippen molar-refractivity contribution in [3.63, 3.8) is 0 Å². The lowest BCUT2D eigenvalue weighted by atomic mass is 10.1. The van der Waals surface area contributed by atoms with Crippen LogP contribution in [0.2, 0.25) is 0 Å². The van der Waals surface area contributed by atoms with Crippen molar-refractivity contribution in [2.45, 2.75) is 26.4 Å². The van der Waals surface area contributed by atoms with E-state index >= 15 is 0 Å². The van der Waals surface area contributed by atoms with E-state index in [1.165, 1.54) is 0 Å². The monoisotopic (exact) mass is 353 g/mol. The first kappa shape index (κ1) is 16.1. The van der Waals surface area contributed by atoms with E-state index in [0.717, 1.165) is 28.1 Å². The van der Waals surface area contributed by atoms with Gasteiger partial charge < -0.3 is 10.1 Å². The number of halogens is 1. The highest BCUT2D eigenvalue weighted by Gasteiger charge is 2.22. The van der Waals surface area contributed by atoms with E-state index in [0.29, 0.717) is 13.2 Å². The Morgan fingerprint density at radius 3 is 2.76 bits per heavy atom. The summed E-state index contributed by atoms with van der Waals surface area (Å²) in [5, 5.41) is 7.85. The second-order valence-corrected chi connectivity index (χ2v) is 5.52. The zero-order valence-electron chi connectivity index (χ0n) is 12.5. The Labute approximate surface area is 133 Å². The van der Waals surface area contributed by atoms with Gasteiger partial charge in [-0.3, -0.25) is 14.6 Å². The van der Waals surface area contributed by atoms with Crippen molar-refractivity contribution in [1.82, 2.24) is 25.1 Å². The average molecular weight is 354 g/mol. The molecule has 0 spiro atoms. The summed E-state index contributed by atoms with van der Waals surface area (Å²) in [6.07, 6.45) is 5.39. The number of aryl methyl sites for hydroxylation is 1. The molecule has 2 rings (SSSR count). The summed E-state index contributed by atoms with van der Waals surface area (Å²) < 4.78 is 8.03. The number of methoxy groups -OCH3 is 1. The van der Waals surface area contributed by atoms with Crippen LogP contribution in [0.5, 0.6) is 0 Å². The van der Waals surface area contributed by atoms with Gasteiger partial charge >= 0.3 is 0 Å². The highest BCUT2D eigenvalue weighted by atomic mass is 79.9. The molecule has 0 saturated heterocycles. The third-order valence-corrected chi connectivity index (χ3v) is 3.73. The Balaban J connectivity index is 2.37. The maximum Gasteiger partial charge on any atom is 0.0949 e. The van der Waals surface area contributed by atoms with Crippen LogP contribution in [-0.2, 0) is 11.3 Å². The van der Waals surface area contributed by atoms with E-state index < -0.39 is 0 Å². The van der Waals surface area contributed by atoms with Crippen LogP contribution >= 0.6 is 15.9 Å². The van der Waals surface area contributed by atoms with Crippen LogP contribution in [-0.4, -0.2) is 40.0 Å². The van der Waals surface area contributed by atoms with Gasteiger partial charge in [-0.25, -0.2) is 0 Å². The zero-order valence-corrected chi connectivity index (χ0v) is 14.1. The fourth-order valence-electron chi connectivity index (χ4n) is 2.11. The Hall–Kier alpha value is -1.31. The smallest absolute Gasteiger partial charge is 0.0949 e. The lowest BCUT2D eigenvalue weighted by Crippen LogP contribution is -2.27. The first-order chi connectivity index (χ1) is 10.2. The molecular formula is C14H20BrN5O. The van der Waals surface area contributed by atoms with E-state index in [9.17, 15) is 0 Å². The van der Waals surface area contributed by atoms with Crippen molar-refractivity contribution >= 4 is 15.9 Å². The molecule has 1 unspecified atom stereocenters. The van der Waals surface area contributed by atoms with Gasteiger partial charge in [0.15, 0.2) is 0 Å². The van der Waals surface area contributed by atoms with E-state index in [1.54, 1.807) is 19.5 Å². The second kappa shape index (κ2) is 7.63. The largest absolute Gasteiger partial charge is 0.383 e. The van der Waals surface area contributed by atoms with Crippen molar-refractivity contribution < 1.29 is 4.74 Å². The number of nitrogens with one attached hydrogen (secondary N) is 1. The highest BCUT2D eigenvalue weighted by Crippen LogP contribution is 2.27. The minimum atomic E-state index is -0.0585. The molecule has 6 nitrogen and oxygen atoms in total. The molecule has 114 valence electrons. The molecule has 0 saturated carbocycles. The van der Waals surface area contributed by atoms with Gasteiger partial charge in [0, 0.05) is 13.3 Å². The minimum Gasteiger partial charge on any atom is -0.383 e. The topological polar surface area (TPSA) is 64.9 Å². The minimum absolute atomic E-state index is 0.0585. The van der Waals surface area contributed by atoms with Crippen molar-refractivity contribution in [1.29, 1.82) is 0 Å². The molecule has 1 N–H and O–H groups in total. The highest BCUT2D eigenvalue weighted by molar-refractivity contribution is 9.10.